The molecule has 1 aromatic carbocycles. The van der Waals surface area contributed by atoms with E-state index >= 15 is 0 Å². The summed E-state index contributed by atoms with van der Waals surface area (Å²) in [5, 5.41) is 33.1. The van der Waals surface area contributed by atoms with Gasteiger partial charge in [-0.15, -0.1) is 0 Å². The number of ether oxygens (including phenoxy) is 2. The first-order chi connectivity index (χ1) is 22.2. The van der Waals surface area contributed by atoms with Crippen LogP contribution in [0, 0.1) is 6.92 Å². The number of nitrogens with one attached hydrogen (secondary N) is 1. The van der Waals surface area contributed by atoms with Gasteiger partial charge in [-0.05, 0) is 62.4 Å². The summed E-state index contributed by atoms with van der Waals surface area (Å²) in [5.41, 5.74) is 11.9. The Morgan fingerprint density at radius 3 is 2.30 bits per heavy atom. The molecular formula is C32H43N5O9. The van der Waals surface area contributed by atoms with Crippen molar-refractivity contribution in [2.45, 2.75) is 57.9 Å². The van der Waals surface area contributed by atoms with E-state index in [-0.39, 0.29) is 30.6 Å². The fourth-order valence-electron chi connectivity index (χ4n) is 4.92. The zero-order valence-electron chi connectivity index (χ0n) is 26.1. The van der Waals surface area contributed by atoms with Gasteiger partial charge < -0.3 is 35.4 Å². The molecule has 1 aliphatic rings. The molecule has 7 N–H and O–H groups in total. The van der Waals surface area contributed by atoms with Crippen molar-refractivity contribution in [3.63, 3.8) is 0 Å². The van der Waals surface area contributed by atoms with Gasteiger partial charge in [0.15, 0.2) is 11.5 Å². The number of hydrogen-bond donors (Lipinski definition) is 6. The van der Waals surface area contributed by atoms with Crippen LogP contribution in [0.15, 0.2) is 42.6 Å². The fourth-order valence-corrected chi connectivity index (χ4v) is 4.92. The van der Waals surface area contributed by atoms with Crippen LogP contribution in [0.25, 0.3) is 22.4 Å². The Labute approximate surface area is 267 Å². The quantitative estimate of drug-likeness (QED) is 0.0714. The van der Waals surface area contributed by atoms with Gasteiger partial charge in [0.25, 0.3) is 12.9 Å². The number of carboxylic acid groups (broad SMARTS) is 2. The van der Waals surface area contributed by atoms with Crippen LogP contribution in [0.1, 0.15) is 50.6 Å². The minimum Gasteiger partial charge on any atom is -0.504 e. The van der Waals surface area contributed by atoms with Crippen molar-refractivity contribution in [2.75, 3.05) is 31.7 Å². The first-order valence-corrected chi connectivity index (χ1v) is 14.8. The number of phenols is 1. The number of aryl methyl sites for hydroxylation is 1. The maximum atomic E-state index is 11.2. The molecule has 14 heteroatoms. The number of carbonyl (C=O) groups excluding carboxylic acids is 1. The molecule has 0 radical (unpaired) electrons. The number of aromatic hydroxyl groups is 1. The van der Waals surface area contributed by atoms with Gasteiger partial charge in [-0.1, -0.05) is 18.9 Å². The second kappa shape index (κ2) is 20.2. The zero-order chi connectivity index (χ0) is 33.9. The molecular weight excluding hydrogens is 598 g/mol. The third kappa shape index (κ3) is 11.5. The molecule has 250 valence electrons. The van der Waals surface area contributed by atoms with Gasteiger partial charge in [-0.3, -0.25) is 24.6 Å². The molecule has 0 saturated carbocycles. The fraction of sp³-hybridized carbons (Fsp3) is 0.406. The molecule has 1 aliphatic heterocycles. The second-order valence-electron chi connectivity index (χ2n) is 10.4. The van der Waals surface area contributed by atoms with E-state index in [4.69, 9.17) is 45.2 Å². The normalized spacial score (nSPS) is 12.5. The van der Waals surface area contributed by atoms with Gasteiger partial charge in [0, 0.05) is 49.1 Å². The smallest absolute Gasteiger partial charge is 0.290 e. The van der Waals surface area contributed by atoms with Crippen LogP contribution in [0.2, 0.25) is 0 Å². The molecule has 0 atom stereocenters. The number of aromatic nitrogens is 2. The highest BCUT2D eigenvalue weighted by molar-refractivity contribution is 5.87. The SMILES string of the molecule is COc1ccc(-c2c(OCCCCCCC(=O)NO)cc(N3CCC(N)CC3)nc2-c2ccnc(C)c2)cc1O.O=CO.O=CO. The molecule has 0 unspecified atom stereocenters. The highest BCUT2D eigenvalue weighted by Crippen LogP contribution is 2.43. The Morgan fingerprint density at radius 1 is 1.02 bits per heavy atom. The summed E-state index contributed by atoms with van der Waals surface area (Å²) in [4.78, 5) is 39.7. The average molecular weight is 642 g/mol. The van der Waals surface area contributed by atoms with E-state index < -0.39 is 0 Å². The van der Waals surface area contributed by atoms with E-state index in [1.54, 1.807) is 23.8 Å². The Morgan fingerprint density at radius 2 is 1.70 bits per heavy atom. The number of piperidine rings is 1. The number of amides is 1. The summed E-state index contributed by atoms with van der Waals surface area (Å²) in [6, 6.07) is 11.4. The Balaban J connectivity index is 0.00000114. The molecule has 3 heterocycles. The van der Waals surface area contributed by atoms with E-state index in [9.17, 15) is 9.90 Å². The highest BCUT2D eigenvalue weighted by atomic mass is 16.5. The maximum Gasteiger partial charge on any atom is 0.290 e. The third-order valence-electron chi connectivity index (χ3n) is 7.15. The summed E-state index contributed by atoms with van der Waals surface area (Å²) in [7, 11) is 1.52. The van der Waals surface area contributed by atoms with Crippen LogP contribution >= 0.6 is 0 Å². The summed E-state index contributed by atoms with van der Waals surface area (Å²) in [6.45, 7) is 3.54. The number of nitrogens with zero attached hydrogens (tertiary/aromatic N) is 3. The summed E-state index contributed by atoms with van der Waals surface area (Å²) in [5.74, 6) is 1.54. The predicted octanol–water partition coefficient (Wildman–Crippen LogP) is 4.00. The van der Waals surface area contributed by atoms with Crippen molar-refractivity contribution in [3.8, 4) is 39.6 Å². The number of hydroxylamine groups is 1. The van der Waals surface area contributed by atoms with Crippen molar-refractivity contribution >= 4 is 24.7 Å². The average Bonchev–Trinajstić information content (AvgIpc) is 3.05. The predicted molar refractivity (Wildman–Crippen MR) is 171 cm³/mol. The number of carbonyl (C=O) groups is 3. The van der Waals surface area contributed by atoms with E-state index in [2.05, 4.69) is 9.88 Å². The molecule has 0 aliphatic carbocycles. The minimum absolute atomic E-state index is 0.0313. The number of methoxy groups -OCH3 is 1. The highest BCUT2D eigenvalue weighted by Gasteiger charge is 2.24. The lowest BCUT2D eigenvalue weighted by molar-refractivity contribution is -0.129. The second-order valence-corrected chi connectivity index (χ2v) is 10.4. The number of nitrogens with two attached hydrogens (primary N) is 1. The maximum absolute atomic E-state index is 11.2. The topological polar surface area (TPSA) is 218 Å². The molecule has 4 rings (SSSR count). The number of pyridine rings is 2. The lowest BCUT2D eigenvalue weighted by atomic mass is 9.97. The van der Waals surface area contributed by atoms with Crippen molar-refractivity contribution in [1.29, 1.82) is 0 Å². The number of rotatable bonds is 12. The van der Waals surface area contributed by atoms with Gasteiger partial charge in [0.1, 0.15) is 11.6 Å². The van der Waals surface area contributed by atoms with Crippen LogP contribution < -0.4 is 25.6 Å². The zero-order valence-corrected chi connectivity index (χ0v) is 26.1. The van der Waals surface area contributed by atoms with Gasteiger partial charge in [-0.25, -0.2) is 10.5 Å². The van der Waals surface area contributed by atoms with Gasteiger partial charge in [0.05, 0.1) is 25.0 Å². The minimum atomic E-state index is -0.370. The Bertz CT molecular complexity index is 1390. The van der Waals surface area contributed by atoms with Crippen molar-refractivity contribution < 1.29 is 44.4 Å². The number of benzene rings is 1. The number of anilines is 1. The molecule has 1 amide bonds. The van der Waals surface area contributed by atoms with E-state index in [1.807, 2.05) is 31.2 Å². The van der Waals surface area contributed by atoms with E-state index in [1.165, 1.54) is 7.11 Å². The summed E-state index contributed by atoms with van der Waals surface area (Å²) < 4.78 is 11.7. The van der Waals surface area contributed by atoms with Crippen molar-refractivity contribution in [3.05, 3.63) is 48.3 Å². The number of unbranched alkanes of at least 4 members (excludes halogenated alkanes) is 3. The molecule has 3 aromatic rings. The molecule has 46 heavy (non-hydrogen) atoms. The van der Waals surface area contributed by atoms with Crippen LogP contribution in [-0.2, 0) is 14.4 Å². The Kier molecular flexibility index (Phi) is 16.3. The van der Waals surface area contributed by atoms with Crippen LogP contribution in [0.5, 0.6) is 17.2 Å². The lowest BCUT2D eigenvalue weighted by Gasteiger charge is -2.32. The monoisotopic (exact) mass is 641 g/mol. The standard InChI is InChI=1S/C30H39N5O5.2CH2O2/c1-20-17-22(10-13-32-20)30-29(21-8-9-25(39-2)24(36)18-21)26(40-16-6-4-3-5-7-28(37)34-38)19-27(33-30)35-14-11-23(31)12-15-35;2*2-1-3/h8-10,13,17-19,23,36,38H,3-7,11-12,14-16,31H2,1-2H3,(H,34,37);2*1H,(H,2,3). The van der Waals surface area contributed by atoms with Gasteiger partial charge in [-0.2, -0.15) is 0 Å². The third-order valence-corrected chi connectivity index (χ3v) is 7.15. The largest absolute Gasteiger partial charge is 0.504 e. The molecule has 1 saturated heterocycles. The van der Waals surface area contributed by atoms with E-state index in [0.29, 0.717) is 30.9 Å². The number of hydrogen-bond acceptors (Lipinski definition) is 11. The van der Waals surface area contributed by atoms with Gasteiger partial charge >= 0.3 is 0 Å². The summed E-state index contributed by atoms with van der Waals surface area (Å²) in [6.07, 6.45) is 7.09. The van der Waals surface area contributed by atoms with Crippen molar-refractivity contribution in [1.82, 2.24) is 15.4 Å². The van der Waals surface area contributed by atoms with Crippen LogP contribution in [0.3, 0.4) is 0 Å². The molecule has 0 bridgehead atoms. The first-order valence-electron chi connectivity index (χ1n) is 14.8. The summed E-state index contributed by atoms with van der Waals surface area (Å²) >= 11 is 0. The first kappa shape index (κ1) is 37.2. The molecule has 1 fully saturated rings. The van der Waals surface area contributed by atoms with Crippen LogP contribution in [-0.4, -0.2) is 82.2 Å². The van der Waals surface area contributed by atoms with E-state index in [0.717, 1.165) is 79.1 Å². The molecule has 14 nitrogen and oxygen atoms in total. The van der Waals surface area contributed by atoms with Gasteiger partial charge in [0.2, 0.25) is 5.91 Å². The van der Waals surface area contributed by atoms with Crippen molar-refractivity contribution in [2.24, 2.45) is 5.73 Å². The Hall–Kier alpha value is -4.95. The molecule has 0 spiro atoms. The molecule has 2 aromatic heterocycles. The number of phenolic OH excluding ortho intramolecular Hbond substituents is 1. The lowest BCUT2D eigenvalue weighted by Crippen LogP contribution is -2.40. The van der Waals surface area contributed by atoms with Crippen LogP contribution in [0.4, 0.5) is 5.82 Å².